The number of hydrogen-bond donors (Lipinski definition) is 0. The number of rotatable bonds is 9. The van der Waals surface area contributed by atoms with Gasteiger partial charge in [0.1, 0.15) is 0 Å². The van der Waals surface area contributed by atoms with Crippen LogP contribution in [-0.2, 0) is 10.0 Å². The second-order valence-corrected chi connectivity index (χ2v) is 6.01. The topological polar surface area (TPSA) is 37.4 Å². The first kappa shape index (κ1) is 14.9. The number of sulfonamides is 1. The van der Waals surface area contributed by atoms with Crippen molar-refractivity contribution in [1.29, 1.82) is 0 Å². The molecule has 0 aliphatic carbocycles. The third-order valence-electron chi connectivity index (χ3n) is 2.35. The predicted octanol–water partition coefficient (Wildman–Crippen LogP) is 2.63. The molecule has 15 heavy (non-hydrogen) atoms. The molecule has 0 N–H and O–H groups in total. The molecular formula is C11H25NO2S. The SMILES string of the molecule is CCCCCS(=O)(=O)N(CCC)CCC. The summed E-state index contributed by atoms with van der Waals surface area (Å²) in [6.45, 7) is 7.46. The summed E-state index contributed by atoms with van der Waals surface area (Å²) in [5, 5.41) is 0. The molecule has 0 heterocycles. The van der Waals surface area contributed by atoms with Crippen molar-refractivity contribution < 1.29 is 8.42 Å². The fourth-order valence-corrected chi connectivity index (χ4v) is 3.30. The molecule has 0 atom stereocenters. The minimum absolute atomic E-state index is 0.320. The van der Waals surface area contributed by atoms with Gasteiger partial charge in [-0.3, -0.25) is 0 Å². The van der Waals surface area contributed by atoms with E-state index in [1.807, 2.05) is 13.8 Å². The molecule has 4 heteroatoms. The fourth-order valence-electron chi connectivity index (χ4n) is 1.55. The van der Waals surface area contributed by atoms with E-state index >= 15 is 0 Å². The summed E-state index contributed by atoms with van der Waals surface area (Å²) < 4.78 is 25.5. The largest absolute Gasteiger partial charge is 0.214 e. The third kappa shape index (κ3) is 6.15. The van der Waals surface area contributed by atoms with Gasteiger partial charge in [0.05, 0.1) is 5.75 Å². The molecule has 0 saturated carbocycles. The van der Waals surface area contributed by atoms with E-state index in [0.29, 0.717) is 18.8 Å². The van der Waals surface area contributed by atoms with Crippen LogP contribution in [0.25, 0.3) is 0 Å². The Morgan fingerprint density at radius 2 is 1.40 bits per heavy atom. The number of unbranched alkanes of at least 4 members (excludes halogenated alkanes) is 2. The monoisotopic (exact) mass is 235 g/mol. The lowest BCUT2D eigenvalue weighted by atomic mass is 10.3. The molecule has 0 aromatic rings. The van der Waals surface area contributed by atoms with Crippen LogP contribution < -0.4 is 0 Å². The molecule has 0 aromatic carbocycles. The van der Waals surface area contributed by atoms with Crippen LogP contribution in [0.4, 0.5) is 0 Å². The minimum atomic E-state index is -2.99. The van der Waals surface area contributed by atoms with E-state index < -0.39 is 10.0 Å². The molecule has 0 aliphatic rings. The van der Waals surface area contributed by atoms with Crippen molar-refractivity contribution in [1.82, 2.24) is 4.31 Å². The van der Waals surface area contributed by atoms with Gasteiger partial charge < -0.3 is 0 Å². The molecule has 0 saturated heterocycles. The Labute approximate surface area is 94.9 Å². The molecule has 0 unspecified atom stereocenters. The molecule has 0 rings (SSSR count). The van der Waals surface area contributed by atoms with Gasteiger partial charge in [-0.05, 0) is 19.3 Å². The lowest BCUT2D eigenvalue weighted by Gasteiger charge is -2.20. The maximum atomic E-state index is 11.9. The van der Waals surface area contributed by atoms with E-state index in [-0.39, 0.29) is 0 Å². The first-order valence-corrected chi connectivity index (χ1v) is 7.67. The smallest absolute Gasteiger partial charge is 0.212 e. The van der Waals surface area contributed by atoms with Gasteiger partial charge in [-0.1, -0.05) is 33.6 Å². The van der Waals surface area contributed by atoms with Crippen LogP contribution in [0, 0.1) is 0 Å². The van der Waals surface area contributed by atoms with Crippen molar-refractivity contribution in [3.8, 4) is 0 Å². The van der Waals surface area contributed by atoms with Gasteiger partial charge >= 0.3 is 0 Å². The Hall–Kier alpha value is -0.0900. The zero-order chi connectivity index (χ0) is 11.7. The van der Waals surface area contributed by atoms with E-state index in [0.717, 1.165) is 32.1 Å². The molecule has 0 aliphatic heterocycles. The summed E-state index contributed by atoms with van der Waals surface area (Å²) in [5.41, 5.74) is 0. The van der Waals surface area contributed by atoms with Crippen LogP contribution in [0.2, 0.25) is 0 Å². The molecule has 92 valence electrons. The van der Waals surface area contributed by atoms with Crippen molar-refractivity contribution in [2.24, 2.45) is 0 Å². The van der Waals surface area contributed by atoms with E-state index in [9.17, 15) is 8.42 Å². The number of nitrogens with zero attached hydrogens (tertiary/aromatic N) is 1. The van der Waals surface area contributed by atoms with Crippen molar-refractivity contribution in [2.75, 3.05) is 18.8 Å². The normalized spacial score (nSPS) is 12.3. The van der Waals surface area contributed by atoms with Crippen molar-refractivity contribution in [2.45, 2.75) is 52.9 Å². The lowest BCUT2D eigenvalue weighted by Crippen LogP contribution is -2.34. The highest BCUT2D eigenvalue weighted by Crippen LogP contribution is 2.07. The fraction of sp³-hybridized carbons (Fsp3) is 1.00. The second kappa shape index (κ2) is 8.11. The average Bonchev–Trinajstić information content (AvgIpc) is 2.18. The predicted molar refractivity (Wildman–Crippen MR) is 65.5 cm³/mol. The van der Waals surface area contributed by atoms with Gasteiger partial charge in [0.2, 0.25) is 10.0 Å². The van der Waals surface area contributed by atoms with Crippen LogP contribution in [0.5, 0.6) is 0 Å². The van der Waals surface area contributed by atoms with Gasteiger partial charge in [-0.15, -0.1) is 0 Å². The highest BCUT2D eigenvalue weighted by molar-refractivity contribution is 7.89. The molecule has 0 bridgehead atoms. The molecule has 0 radical (unpaired) electrons. The van der Waals surface area contributed by atoms with Crippen LogP contribution in [-0.4, -0.2) is 31.6 Å². The molecule has 0 spiro atoms. The summed E-state index contributed by atoms with van der Waals surface area (Å²) in [4.78, 5) is 0. The number of hydrogen-bond acceptors (Lipinski definition) is 2. The molecule has 0 aromatic heterocycles. The summed E-state index contributed by atoms with van der Waals surface area (Å²) in [7, 11) is -2.99. The van der Waals surface area contributed by atoms with Crippen molar-refractivity contribution >= 4 is 10.0 Å². The van der Waals surface area contributed by atoms with E-state index in [1.165, 1.54) is 0 Å². The molecule has 0 amide bonds. The maximum Gasteiger partial charge on any atom is 0.214 e. The first-order chi connectivity index (χ1) is 7.08. The zero-order valence-corrected chi connectivity index (χ0v) is 11.1. The van der Waals surface area contributed by atoms with Crippen molar-refractivity contribution in [3.63, 3.8) is 0 Å². The Morgan fingerprint density at radius 3 is 1.80 bits per heavy atom. The molecule has 3 nitrogen and oxygen atoms in total. The Bertz CT molecular complexity index is 231. The van der Waals surface area contributed by atoms with E-state index in [4.69, 9.17) is 0 Å². The second-order valence-electron chi connectivity index (χ2n) is 3.92. The van der Waals surface area contributed by atoms with Crippen LogP contribution in [0.1, 0.15) is 52.9 Å². The van der Waals surface area contributed by atoms with Gasteiger partial charge in [-0.2, -0.15) is 0 Å². The molecular weight excluding hydrogens is 210 g/mol. The Morgan fingerprint density at radius 1 is 0.867 bits per heavy atom. The standard InChI is InChI=1S/C11H25NO2S/c1-4-7-8-11-15(13,14)12(9-5-2)10-6-3/h4-11H2,1-3H3. The third-order valence-corrected chi connectivity index (χ3v) is 4.30. The van der Waals surface area contributed by atoms with Crippen LogP contribution in [0.15, 0.2) is 0 Å². The zero-order valence-electron chi connectivity index (χ0n) is 10.3. The van der Waals surface area contributed by atoms with Gasteiger partial charge in [0.25, 0.3) is 0 Å². The average molecular weight is 235 g/mol. The van der Waals surface area contributed by atoms with E-state index in [1.54, 1.807) is 4.31 Å². The Balaban J connectivity index is 4.22. The van der Waals surface area contributed by atoms with Crippen LogP contribution >= 0.6 is 0 Å². The van der Waals surface area contributed by atoms with Gasteiger partial charge in [-0.25, -0.2) is 12.7 Å². The maximum absolute atomic E-state index is 11.9. The summed E-state index contributed by atoms with van der Waals surface area (Å²) >= 11 is 0. The Kier molecular flexibility index (Phi) is 8.06. The summed E-state index contributed by atoms with van der Waals surface area (Å²) in [6, 6.07) is 0. The molecule has 0 fully saturated rings. The highest BCUT2D eigenvalue weighted by atomic mass is 32.2. The van der Waals surface area contributed by atoms with Gasteiger partial charge in [0.15, 0.2) is 0 Å². The van der Waals surface area contributed by atoms with E-state index in [2.05, 4.69) is 6.92 Å². The van der Waals surface area contributed by atoms with Gasteiger partial charge in [0, 0.05) is 13.1 Å². The first-order valence-electron chi connectivity index (χ1n) is 6.06. The quantitative estimate of drug-likeness (QED) is 0.576. The highest BCUT2D eigenvalue weighted by Gasteiger charge is 2.19. The van der Waals surface area contributed by atoms with Crippen LogP contribution in [0.3, 0.4) is 0 Å². The lowest BCUT2D eigenvalue weighted by molar-refractivity contribution is 0.408. The summed E-state index contributed by atoms with van der Waals surface area (Å²) in [5.74, 6) is 0.320. The van der Waals surface area contributed by atoms with Crippen molar-refractivity contribution in [3.05, 3.63) is 0 Å². The minimum Gasteiger partial charge on any atom is -0.212 e. The summed E-state index contributed by atoms with van der Waals surface area (Å²) in [6.07, 6.45) is 4.66.